The molecule has 0 aromatic rings. The minimum absolute atomic E-state index is 0.00886. The average molecular weight is 421 g/mol. The molecule has 0 aliphatic rings. The molecule has 168 valence electrons. The number of hydrogen-bond donors (Lipinski definition) is 5. The molecular weight excluding hydrogens is 390 g/mol. The standard InChI is InChI=1S/C17H31N3O9/c1-13(22)20-14(17(25)26)2-3-15(23)18-4-8-28-10-11-29-12-16(24)19-5-7-27-9-6-21/h14,21H,2-12H2,1H3,(H,18,23)(H,19,24)(H,20,22)(H,25,26). The van der Waals surface area contributed by atoms with Crippen LogP contribution >= 0.6 is 0 Å². The molecule has 1 atom stereocenters. The first-order chi connectivity index (χ1) is 13.9. The molecule has 0 aliphatic carbocycles. The van der Waals surface area contributed by atoms with Gasteiger partial charge in [0.1, 0.15) is 12.6 Å². The van der Waals surface area contributed by atoms with Crippen molar-refractivity contribution in [2.24, 2.45) is 0 Å². The second kappa shape index (κ2) is 17.8. The Kier molecular flexibility index (Phi) is 16.4. The lowest BCUT2D eigenvalue weighted by molar-refractivity contribution is -0.141. The first-order valence-electron chi connectivity index (χ1n) is 9.24. The van der Waals surface area contributed by atoms with Gasteiger partial charge in [0.05, 0.1) is 39.6 Å². The molecule has 0 rings (SSSR count). The number of carbonyl (C=O) groups is 4. The van der Waals surface area contributed by atoms with E-state index in [1.807, 2.05) is 0 Å². The van der Waals surface area contributed by atoms with Gasteiger partial charge < -0.3 is 40.4 Å². The highest BCUT2D eigenvalue weighted by atomic mass is 16.5. The smallest absolute Gasteiger partial charge is 0.326 e. The zero-order chi connectivity index (χ0) is 21.9. The number of rotatable bonds is 18. The van der Waals surface area contributed by atoms with Crippen molar-refractivity contribution in [3.8, 4) is 0 Å². The minimum Gasteiger partial charge on any atom is -0.480 e. The lowest BCUT2D eigenvalue weighted by atomic mass is 10.1. The normalized spacial score (nSPS) is 11.5. The Morgan fingerprint density at radius 1 is 0.862 bits per heavy atom. The molecule has 0 aromatic heterocycles. The van der Waals surface area contributed by atoms with E-state index in [9.17, 15) is 19.2 Å². The van der Waals surface area contributed by atoms with Crippen molar-refractivity contribution < 1.29 is 43.6 Å². The van der Waals surface area contributed by atoms with Crippen molar-refractivity contribution in [1.82, 2.24) is 16.0 Å². The predicted octanol–water partition coefficient (Wildman–Crippen LogP) is -2.37. The third-order valence-corrected chi connectivity index (χ3v) is 3.31. The van der Waals surface area contributed by atoms with Gasteiger partial charge in [0.15, 0.2) is 0 Å². The Bertz CT molecular complexity index is 503. The van der Waals surface area contributed by atoms with Crippen LogP contribution in [0.5, 0.6) is 0 Å². The van der Waals surface area contributed by atoms with Crippen LogP contribution in [-0.4, -0.2) is 99.3 Å². The van der Waals surface area contributed by atoms with Gasteiger partial charge in [-0.2, -0.15) is 0 Å². The van der Waals surface area contributed by atoms with Crippen molar-refractivity contribution in [2.75, 3.05) is 59.3 Å². The number of carboxylic acids is 1. The third kappa shape index (κ3) is 17.5. The van der Waals surface area contributed by atoms with E-state index >= 15 is 0 Å². The van der Waals surface area contributed by atoms with Crippen LogP contribution in [0, 0.1) is 0 Å². The van der Waals surface area contributed by atoms with Gasteiger partial charge in [0.2, 0.25) is 17.7 Å². The summed E-state index contributed by atoms with van der Waals surface area (Å²) in [7, 11) is 0. The van der Waals surface area contributed by atoms with Crippen molar-refractivity contribution in [2.45, 2.75) is 25.8 Å². The highest BCUT2D eigenvalue weighted by Gasteiger charge is 2.19. The van der Waals surface area contributed by atoms with Gasteiger partial charge in [-0.15, -0.1) is 0 Å². The van der Waals surface area contributed by atoms with Gasteiger partial charge in [0.25, 0.3) is 0 Å². The first kappa shape index (κ1) is 26.7. The maximum Gasteiger partial charge on any atom is 0.326 e. The highest BCUT2D eigenvalue weighted by molar-refractivity contribution is 5.83. The second-order valence-electron chi connectivity index (χ2n) is 5.83. The van der Waals surface area contributed by atoms with Crippen LogP contribution in [0.3, 0.4) is 0 Å². The summed E-state index contributed by atoms with van der Waals surface area (Å²) in [4.78, 5) is 44.9. The van der Waals surface area contributed by atoms with Gasteiger partial charge in [-0.05, 0) is 6.42 Å². The third-order valence-electron chi connectivity index (χ3n) is 3.31. The fourth-order valence-corrected chi connectivity index (χ4v) is 1.99. The van der Waals surface area contributed by atoms with Crippen LogP contribution in [0.15, 0.2) is 0 Å². The van der Waals surface area contributed by atoms with Crippen LogP contribution < -0.4 is 16.0 Å². The molecule has 0 radical (unpaired) electrons. The molecule has 1 unspecified atom stereocenters. The van der Waals surface area contributed by atoms with Crippen LogP contribution in [0.25, 0.3) is 0 Å². The van der Waals surface area contributed by atoms with E-state index < -0.39 is 17.9 Å². The lowest BCUT2D eigenvalue weighted by Crippen LogP contribution is -2.40. The largest absolute Gasteiger partial charge is 0.480 e. The van der Waals surface area contributed by atoms with Gasteiger partial charge in [-0.1, -0.05) is 0 Å². The number of aliphatic hydroxyl groups excluding tert-OH is 1. The Labute approximate surface area is 169 Å². The maximum atomic E-state index is 11.6. The fourth-order valence-electron chi connectivity index (χ4n) is 1.99. The predicted molar refractivity (Wildman–Crippen MR) is 100 cm³/mol. The summed E-state index contributed by atoms with van der Waals surface area (Å²) in [5.41, 5.74) is 0. The molecular formula is C17H31N3O9. The number of carbonyl (C=O) groups excluding carboxylic acids is 3. The molecule has 29 heavy (non-hydrogen) atoms. The molecule has 0 saturated heterocycles. The molecule has 0 bridgehead atoms. The highest BCUT2D eigenvalue weighted by Crippen LogP contribution is 1.98. The number of hydrogen-bond acceptors (Lipinski definition) is 8. The Hall–Kier alpha value is -2.28. The molecule has 0 saturated carbocycles. The SMILES string of the molecule is CC(=O)NC(CCC(=O)NCCOCCOCC(=O)NCCOCCO)C(=O)O. The van der Waals surface area contributed by atoms with E-state index in [-0.39, 0.29) is 70.8 Å². The van der Waals surface area contributed by atoms with Crippen LogP contribution in [0.1, 0.15) is 19.8 Å². The van der Waals surface area contributed by atoms with Gasteiger partial charge in [-0.25, -0.2) is 4.79 Å². The topological polar surface area (TPSA) is 173 Å². The van der Waals surface area contributed by atoms with Crippen molar-refractivity contribution >= 4 is 23.7 Å². The molecule has 0 aromatic carbocycles. The molecule has 5 N–H and O–H groups in total. The average Bonchev–Trinajstić information content (AvgIpc) is 2.66. The van der Waals surface area contributed by atoms with E-state index in [0.717, 1.165) is 0 Å². The molecule has 3 amide bonds. The second-order valence-corrected chi connectivity index (χ2v) is 5.83. The maximum absolute atomic E-state index is 11.6. The first-order valence-corrected chi connectivity index (χ1v) is 9.24. The minimum atomic E-state index is -1.19. The Balaban J connectivity index is 3.55. The van der Waals surface area contributed by atoms with Crippen molar-refractivity contribution in [3.05, 3.63) is 0 Å². The van der Waals surface area contributed by atoms with E-state index in [1.165, 1.54) is 6.92 Å². The molecule has 12 nitrogen and oxygen atoms in total. The molecule has 0 heterocycles. The van der Waals surface area contributed by atoms with Crippen molar-refractivity contribution in [3.63, 3.8) is 0 Å². The molecule has 0 fully saturated rings. The summed E-state index contributed by atoms with van der Waals surface area (Å²) in [6, 6.07) is -1.10. The van der Waals surface area contributed by atoms with E-state index in [0.29, 0.717) is 13.2 Å². The van der Waals surface area contributed by atoms with Crippen LogP contribution in [-0.2, 0) is 33.4 Å². The van der Waals surface area contributed by atoms with E-state index in [2.05, 4.69) is 16.0 Å². The van der Waals surface area contributed by atoms with Gasteiger partial charge >= 0.3 is 5.97 Å². The quantitative estimate of drug-likeness (QED) is 0.152. The van der Waals surface area contributed by atoms with Crippen LogP contribution in [0.2, 0.25) is 0 Å². The fraction of sp³-hybridized carbons (Fsp3) is 0.765. The summed E-state index contributed by atoms with van der Waals surface area (Å²) in [5, 5.41) is 24.9. The number of aliphatic hydroxyl groups is 1. The summed E-state index contributed by atoms with van der Waals surface area (Å²) >= 11 is 0. The Morgan fingerprint density at radius 2 is 1.45 bits per heavy atom. The van der Waals surface area contributed by atoms with Crippen LogP contribution in [0.4, 0.5) is 0 Å². The summed E-state index contributed by atoms with van der Waals surface area (Å²) in [6.45, 7) is 2.82. The van der Waals surface area contributed by atoms with Gasteiger partial charge in [-0.3, -0.25) is 14.4 Å². The number of carboxylic acid groups (broad SMARTS) is 1. The molecule has 0 spiro atoms. The molecule has 12 heteroatoms. The Morgan fingerprint density at radius 3 is 2.03 bits per heavy atom. The monoisotopic (exact) mass is 421 g/mol. The lowest BCUT2D eigenvalue weighted by Gasteiger charge is -2.13. The zero-order valence-electron chi connectivity index (χ0n) is 16.6. The van der Waals surface area contributed by atoms with E-state index in [4.69, 9.17) is 24.4 Å². The zero-order valence-corrected chi connectivity index (χ0v) is 16.6. The molecule has 0 aliphatic heterocycles. The summed E-state index contributed by atoms with van der Waals surface area (Å²) in [6.07, 6.45) is -0.0500. The number of amides is 3. The number of aliphatic carboxylic acids is 1. The van der Waals surface area contributed by atoms with Gasteiger partial charge in [0, 0.05) is 26.4 Å². The summed E-state index contributed by atoms with van der Waals surface area (Å²) in [5.74, 6) is -2.30. The van der Waals surface area contributed by atoms with E-state index in [1.54, 1.807) is 0 Å². The number of ether oxygens (including phenoxy) is 3. The van der Waals surface area contributed by atoms with Crippen molar-refractivity contribution in [1.29, 1.82) is 0 Å². The number of nitrogens with one attached hydrogen (secondary N) is 3. The summed E-state index contributed by atoms with van der Waals surface area (Å²) < 4.78 is 15.4.